The second-order valence-electron chi connectivity index (χ2n) is 4.31. The Kier molecular flexibility index (Phi) is 5.79. The number of anilines is 2. The summed E-state index contributed by atoms with van der Waals surface area (Å²) < 4.78 is 0. The van der Waals surface area contributed by atoms with Crippen molar-refractivity contribution in [2.45, 2.75) is 11.3 Å². The van der Waals surface area contributed by atoms with Crippen molar-refractivity contribution in [1.82, 2.24) is 0 Å². The van der Waals surface area contributed by atoms with Gasteiger partial charge in [-0.25, -0.2) is 0 Å². The van der Waals surface area contributed by atoms with Gasteiger partial charge in [-0.15, -0.1) is 11.8 Å². The van der Waals surface area contributed by atoms with E-state index >= 15 is 0 Å². The summed E-state index contributed by atoms with van der Waals surface area (Å²) in [6.45, 7) is 0. The van der Waals surface area contributed by atoms with Crippen LogP contribution in [0.3, 0.4) is 0 Å². The Labute approximate surface area is 137 Å². The van der Waals surface area contributed by atoms with Crippen LogP contribution in [0.2, 0.25) is 10.0 Å². The molecule has 0 aliphatic heterocycles. The zero-order valence-corrected chi connectivity index (χ0v) is 13.4. The number of hydrogen-bond acceptors (Lipinski definition) is 3. The Morgan fingerprint density at radius 2 is 1.95 bits per heavy atom. The van der Waals surface area contributed by atoms with Gasteiger partial charge < -0.3 is 11.1 Å². The summed E-state index contributed by atoms with van der Waals surface area (Å²) >= 11 is 13.4. The zero-order valence-electron chi connectivity index (χ0n) is 11.1. The molecule has 0 spiro atoms. The first-order valence-electron chi connectivity index (χ1n) is 6.28. The number of benzene rings is 2. The Hall–Kier alpha value is -1.36. The molecule has 6 heteroatoms. The fourth-order valence-electron chi connectivity index (χ4n) is 1.66. The Morgan fingerprint density at radius 1 is 1.19 bits per heavy atom. The fourth-order valence-corrected chi connectivity index (χ4v) is 3.03. The average molecular weight is 341 g/mol. The summed E-state index contributed by atoms with van der Waals surface area (Å²) in [6.07, 6.45) is 0.363. The molecule has 2 rings (SSSR count). The number of amides is 1. The Balaban J connectivity index is 1.85. The third-order valence-electron chi connectivity index (χ3n) is 2.71. The van der Waals surface area contributed by atoms with Crippen LogP contribution >= 0.6 is 35.0 Å². The molecular formula is C15H14Cl2N2OS. The van der Waals surface area contributed by atoms with Gasteiger partial charge in [-0.3, -0.25) is 4.79 Å². The lowest BCUT2D eigenvalue weighted by molar-refractivity contribution is -0.115. The predicted octanol–water partition coefficient (Wildman–Crippen LogP) is 4.70. The summed E-state index contributed by atoms with van der Waals surface area (Å²) in [6, 6.07) is 12.4. The minimum absolute atomic E-state index is 0.0869. The lowest BCUT2D eigenvalue weighted by atomic mass is 10.3. The van der Waals surface area contributed by atoms with E-state index in [1.165, 1.54) is 11.8 Å². The molecule has 0 aromatic heterocycles. The third kappa shape index (κ3) is 4.84. The molecule has 1 amide bonds. The van der Waals surface area contributed by atoms with E-state index in [1.54, 1.807) is 30.3 Å². The van der Waals surface area contributed by atoms with Crippen LogP contribution in [-0.2, 0) is 4.79 Å². The van der Waals surface area contributed by atoms with Crippen LogP contribution in [0.15, 0.2) is 47.4 Å². The minimum atomic E-state index is -0.0869. The van der Waals surface area contributed by atoms with Crippen LogP contribution < -0.4 is 11.1 Å². The van der Waals surface area contributed by atoms with Crippen molar-refractivity contribution < 1.29 is 4.79 Å². The molecule has 0 saturated heterocycles. The van der Waals surface area contributed by atoms with E-state index in [-0.39, 0.29) is 5.91 Å². The Bertz CT molecular complexity index is 649. The van der Waals surface area contributed by atoms with E-state index in [4.69, 9.17) is 28.9 Å². The van der Waals surface area contributed by atoms with Crippen LogP contribution in [0, 0.1) is 0 Å². The van der Waals surface area contributed by atoms with Gasteiger partial charge in [0.2, 0.25) is 5.91 Å². The topological polar surface area (TPSA) is 55.1 Å². The highest BCUT2D eigenvalue weighted by Gasteiger charge is 2.07. The van der Waals surface area contributed by atoms with E-state index in [0.717, 1.165) is 4.90 Å². The lowest BCUT2D eigenvalue weighted by Crippen LogP contribution is -2.12. The second kappa shape index (κ2) is 7.59. The standard InChI is InChI=1S/C15H14Cl2N2OS/c16-10-5-6-12(18)14(9-10)21-8-7-15(20)19-13-4-2-1-3-11(13)17/h1-6,9H,7-8,18H2,(H,19,20). The van der Waals surface area contributed by atoms with Crippen molar-refractivity contribution >= 4 is 52.2 Å². The van der Waals surface area contributed by atoms with Gasteiger partial charge in [0.25, 0.3) is 0 Å². The number of nitrogen functional groups attached to an aromatic ring is 1. The minimum Gasteiger partial charge on any atom is -0.398 e. The monoisotopic (exact) mass is 340 g/mol. The molecular weight excluding hydrogens is 327 g/mol. The maximum Gasteiger partial charge on any atom is 0.225 e. The molecule has 3 N–H and O–H groups in total. The largest absolute Gasteiger partial charge is 0.398 e. The highest BCUT2D eigenvalue weighted by Crippen LogP contribution is 2.28. The molecule has 0 saturated carbocycles. The first-order chi connectivity index (χ1) is 10.1. The molecule has 0 aliphatic rings. The number of nitrogens with one attached hydrogen (secondary N) is 1. The summed E-state index contributed by atoms with van der Waals surface area (Å²) in [5, 5.41) is 3.94. The van der Waals surface area contributed by atoms with Crippen molar-refractivity contribution in [3.8, 4) is 0 Å². The maximum absolute atomic E-state index is 11.9. The van der Waals surface area contributed by atoms with Crippen LogP contribution in [0.1, 0.15) is 6.42 Å². The number of para-hydroxylation sites is 1. The molecule has 0 unspecified atom stereocenters. The summed E-state index contributed by atoms with van der Waals surface area (Å²) in [5.41, 5.74) is 7.14. The summed E-state index contributed by atoms with van der Waals surface area (Å²) in [5.74, 6) is 0.525. The van der Waals surface area contributed by atoms with Crippen LogP contribution in [-0.4, -0.2) is 11.7 Å². The van der Waals surface area contributed by atoms with Gasteiger partial charge in [0.15, 0.2) is 0 Å². The van der Waals surface area contributed by atoms with Gasteiger partial charge in [-0.2, -0.15) is 0 Å². The molecule has 110 valence electrons. The number of carbonyl (C=O) groups is 1. The molecule has 0 aliphatic carbocycles. The third-order valence-corrected chi connectivity index (χ3v) is 4.35. The molecule has 2 aromatic carbocycles. The molecule has 0 fully saturated rings. The summed E-state index contributed by atoms with van der Waals surface area (Å²) in [7, 11) is 0. The van der Waals surface area contributed by atoms with Crippen LogP contribution in [0.4, 0.5) is 11.4 Å². The van der Waals surface area contributed by atoms with Crippen LogP contribution in [0.5, 0.6) is 0 Å². The van der Waals surface area contributed by atoms with Gasteiger partial charge in [-0.05, 0) is 30.3 Å². The molecule has 0 atom stereocenters. The molecule has 0 bridgehead atoms. The number of rotatable bonds is 5. The molecule has 3 nitrogen and oxygen atoms in total. The molecule has 2 aromatic rings. The van der Waals surface area contributed by atoms with Crippen LogP contribution in [0.25, 0.3) is 0 Å². The normalized spacial score (nSPS) is 10.4. The highest BCUT2D eigenvalue weighted by atomic mass is 35.5. The first-order valence-corrected chi connectivity index (χ1v) is 8.02. The quantitative estimate of drug-likeness (QED) is 0.612. The van der Waals surface area contributed by atoms with Gasteiger partial charge in [0.05, 0.1) is 10.7 Å². The fraction of sp³-hybridized carbons (Fsp3) is 0.133. The highest BCUT2D eigenvalue weighted by molar-refractivity contribution is 7.99. The predicted molar refractivity (Wildman–Crippen MR) is 91.3 cm³/mol. The first kappa shape index (κ1) is 16.0. The van der Waals surface area contributed by atoms with Gasteiger partial charge >= 0.3 is 0 Å². The molecule has 0 radical (unpaired) electrons. The number of hydrogen-bond donors (Lipinski definition) is 2. The van der Waals surface area contributed by atoms with Gasteiger partial charge in [0.1, 0.15) is 0 Å². The van der Waals surface area contributed by atoms with E-state index < -0.39 is 0 Å². The zero-order chi connectivity index (χ0) is 15.2. The number of carbonyl (C=O) groups excluding carboxylic acids is 1. The lowest BCUT2D eigenvalue weighted by Gasteiger charge is -2.08. The van der Waals surface area contributed by atoms with E-state index in [0.29, 0.717) is 33.6 Å². The van der Waals surface area contributed by atoms with E-state index in [2.05, 4.69) is 5.32 Å². The average Bonchev–Trinajstić information content (AvgIpc) is 2.45. The van der Waals surface area contributed by atoms with Gasteiger partial charge in [0, 0.05) is 27.8 Å². The van der Waals surface area contributed by atoms with Gasteiger partial charge in [-0.1, -0.05) is 35.3 Å². The van der Waals surface area contributed by atoms with Crippen molar-refractivity contribution in [1.29, 1.82) is 0 Å². The van der Waals surface area contributed by atoms with Crippen molar-refractivity contribution in [2.24, 2.45) is 0 Å². The smallest absolute Gasteiger partial charge is 0.225 e. The van der Waals surface area contributed by atoms with Crippen molar-refractivity contribution in [3.63, 3.8) is 0 Å². The van der Waals surface area contributed by atoms with E-state index in [9.17, 15) is 4.79 Å². The number of nitrogens with two attached hydrogens (primary N) is 1. The number of thioether (sulfide) groups is 1. The Morgan fingerprint density at radius 3 is 2.71 bits per heavy atom. The second-order valence-corrected chi connectivity index (χ2v) is 6.29. The van der Waals surface area contributed by atoms with Crippen molar-refractivity contribution in [3.05, 3.63) is 52.5 Å². The van der Waals surface area contributed by atoms with Crippen molar-refractivity contribution in [2.75, 3.05) is 16.8 Å². The SMILES string of the molecule is Nc1ccc(Cl)cc1SCCC(=O)Nc1ccccc1Cl. The summed E-state index contributed by atoms with van der Waals surface area (Å²) in [4.78, 5) is 12.7. The maximum atomic E-state index is 11.9. The number of halogens is 2. The molecule has 0 heterocycles. The van der Waals surface area contributed by atoms with E-state index in [1.807, 2.05) is 12.1 Å². The molecule has 21 heavy (non-hydrogen) atoms.